The van der Waals surface area contributed by atoms with E-state index in [1.54, 1.807) is 6.07 Å². The third-order valence-electron chi connectivity index (χ3n) is 5.79. The summed E-state index contributed by atoms with van der Waals surface area (Å²) in [6, 6.07) is 10.2. The minimum atomic E-state index is -0.771. The molecular weight excluding hydrogens is 396 g/mol. The normalized spacial score (nSPS) is 20.1. The third-order valence-corrected chi connectivity index (χ3v) is 5.79. The third kappa shape index (κ3) is 2.72. The number of pyridine rings is 1. The standard InChI is InChI=1S/C23H18N4O4/c1-10-17-11-5-3-4-6-14(11)25-21(17)20(27-18(10)23(30)31-2)15-8-7-12-16(28)9-13(24)22(29)19(12)26-15/h3-10,18,25H,24H2,1-2H3. The van der Waals surface area contributed by atoms with E-state index >= 15 is 0 Å². The van der Waals surface area contributed by atoms with Crippen LogP contribution >= 0.6 is 0 Å². The maximum absolute atomic E-state index is 12.5. The Hall–Kier alpha value is -4.07. The van der Waals surface area contributed by atoms with Gasteiger partial charge in [0, 0.05) is 22.9 Å². The van der Waals surface area contributed by atoms with Crippen molar-refractivity contribution in [1.29, 1.82) is 0 Å². The van der Waals surface area contributed by atoms with Gasteiger partial charge in [-0.2, -0.15) is 0 Å². The Morgan fingerprint density at radius 1 is 1.16 bits per heavy atom. The second-order valence-corrected chi connectivity index (χ2v) is 7.58. The van der Waals surface area contributed by atoms with Crippen LogP contribution in [0.25, 0.3) is 10.9 Å². The molecule has 2 aromatic heterocycles. The van der Waals surface area contributed by atoms with E-state index in [1.807, 2.05) is 31.2 Å². The number of benzene rings is 1. The number of rotatable bonds is 2. The molecule has 0 fully saturated rings. The first-order chi connectivity index (χ1) is 14.9. The number of carbonyl (C=O) groups excluding carboxylic acids is 3. The quantitative estimate of drug-likeness (QED) is 0.619. The number of aliphatic imine (C=N–C) groups is 1. The lowest BCUT2D eigenvalue weighted by Gasteiger charge is -2.26. The van der Waals surface area contributed by atoms with Crippen LogP contribution in [0.2, 0.25) is 0 Å². The summed E-state index contributed by atoms with van der Waals surface area (Å²) in [6.45, 7) is 1.93. The zero-order valence-electron chi connectivity index (χ0n) is 16.8. The number of hydrogen-bond donors (Lipinski definition) is 2. The molecule has 2 aliphatic rings. The predicted octanol–water partition coefficient (Wildman–Crippen LogP) is 2.28. The summed E-state index contributed by atoms with van der Waals surface area (Å²) >= 11 is 0. The van der Waals surface area contributed by atoms with E-state index in [4.69, 9.17) is 10.5 Å². The first-order valence-electron chi connectivity index (χ1n) is 9.75. The Kier molecular flexibility index (Phi) is 4.11. The number of esters is 1. The highest BCUT2D eigenvalue weighted by Gasteiger charge is 2.37. The number of fused-ring (bicyclic) bond motifs is 4. The van der Waals surface area contributed by atoms with Crippen molar-refractivity contribution in [3.05, 3.63) is 76.4 Å². The second-order valence-electron chi connectivity index (χ2n) is 7.58. The highest BCUT2D eigenvalue weighted by molar-refractivity contribution is 6.24. The highest BCUT2D eigenvalue weighted by atomic mass is 16.5. The molecular formula is C23H18N4O4. The van der Waals surface area contributed by atoms with E-state index in [0.29, 0.717) is 11.4 Å². The molecule has 0 saturated heterocycles. The van der Waals surface area contributed by atoms with Crippen LogP contribution in [-0.4, -0.2) is 46.4 Å². The van der Waals surface area contributed by atoms with Crippen LogP contribution in [0.5, 0.6) is 0 Å². The van der Waals surface area contributed by atoms with Gasteiger partial charge < -0.3 is 15.5 Å². The van der Waals surface area contributed by atoms with Gasteiger partial charge in [-0.25, -0.2) is 9.78 Å². The van der Waals surface area contributed by atoms with E-state index in [9.17, 15) is 14.4 Å². The zero-order valence-corrected chi connectivity index (χ0v) is 16.8. The van der Waals surface area contributed by atoms with Crippen LogP contribution in [0.15, 0.2) is 53.2 Å². The number of ketones is 2. The SMILES string of the molecule is COC(=O)C1N=C(c2ccc3c(n2)C(=O)C(N)=CC3=O)c2[nH]c3ccccc3c2C1C. The maximum Gasteiger partial charge on any atom is 0.331 e. The van der Waals surface area contributed by atoms with Crippen LogP contribution in [0, 0.1) is 0 Å². The van der Waals surface area contributed by atoms with Gasteiger partial charge >= 0.3 is 5.97 Å². The van der Waals surface area contributed by atoms with Gasteiger partial charge in [-0.05, 0) is 23.8 Å². The molecule has 3 aromatic rings. The number of nitrogens with one attached hydrogen (secondary N) is 1. The molecule has 31 heavy (non-hydrogen) atoms. The topological polar surface area (TPSA) is 128 Å². The molecule has 2 atom stereocenters. The number of nitrogens with two attached hydrogens (primary N) is 1. The van der Waals surface area contributed by atoms with Crippen LogP contribution in [0.1, 0.15) is 50.6 Å². The van der Waals surface area contributed by atoms with Crippen molar-refractivity contribution in [3.63, 3.8) is 0 Å². The van der Waals surface area contributed by atoms with Gasteiger partial charge in [0.25, 0.3) is 0 Å². The Labute approximate surface area is 176 Å². The number of hydrogen-bond acceptors (Lipinski definition) is 7. The van der Waals surface area contributed by atoms with Crippen molar-refractivity contribution in [3.8, 4) is 0 Å². The lowest BCUT2D eigenvalue weighted by Crippen LogP contribution is -2.33. The van der Waals surface area contributed by atoms with Gasteiger partial charge in [0.15, 0.2) is 11.8 Å². The molecule has 0 bridgehead atoms. The highest BCUT2D eigenvalue weighted by Crippen LogP contribution is 2.38. The number of methoxy groups -OCH3 is 1. The average Bonchev–Trinajstić information content (AvgIpc) is 3.17. The van der Waals surface area contributed by atoms with E-state index in [2.05, 4.69) is 15.0 Å². The lowest BCUT2D eigenvalue weighted by molar-refractivity contribution is -0.142. The maximum atomic E-state index is 12.5. The largest absolute Gasteiger partial charge is 0.467 e. The Morgan fingerprint density at radius 2 is 1.94 bits per heavy atom. The number of allylic oxidation sites excluding steroid dienone is 2. The molecule has 0 radical (unpaired) electrons. The molecule has 2 unspecified atom stereocenters. The summed E-state index contributed by atoms with van der Waals surface area (Å²) in [5.41, 5.74) is 9.05. The lowest BCUT2D eigenvalue weighted by atomic mass is 9.86. The molecule has 1 aliphatic heterocycles. The van der Waals surface area contributed by atoms with Crippen molar-refractivity contribution in [2.24, 2.45) is 10.7 Å². The van der Waals surface area contributed by atoms with Gasteiger partial charge in [-0.15, -0.1) is 0 Å². The summed E-state index contributed by atoms with van der Waals surface area (Å²) in [4.78, 5) is 49.7. The van der Waals surface area contributed by atoms with Crippen LogP contribution in [0.4, 0.5) is 0 Å². The van der Waals surface area contributed by atoms with Gasteiger partial charge in [0.05, 0.1) is 29.8 Å². The number of para-hydroxylation sites is 1. The molecule has 0 amide bonds. The minimum absolute atomic E-state index is 0.0175. The fraction of sp³-hybridized carbons (Fsp3) is 0.174. The molecule has 8 heteroatoms. The van der Waals surface area contributed by atoms with E-state index in [1.165, 1.54) is 13.2 Å². The molecule has 3 heterocycles. The average molecular weight is 414 g/mol. The smallest absolute Gasteiger partial charge is 0.331 e. The van der Waals surface area contributed by atoms with Crippen molar-refractivity contribution in [2.45, 2.75) is 18.9 Å². The molecule has 3 N–H and O–H groups in total. The molecule has 154 valence electrons. The Balaban J connectivity index is 1.75. The van der Waals surface area contributed by atoms with Crippen molar-refractivity contribution < 1.29 is 19.1 Å². The molecule has 8 nitrogen and oxygen atoms in total. The van der Waals surface area contributed by atoms with Gasteiger partial charge in [-0.1, -0.05) is 25.1 Å². The van der Waals surface area contributed by atoms with Crippen molar-refractivity contribution >= 4 is 34.2 Å². The Morgan fingerprint density at radius 3 is 2.71 bits per heavy atom. The number of aromatic amines is 1. The predicted molar refractivity (Wildman–Crippen MR) is 113 cm³/mol. The fourth-order valence-corrected chi connectivity index (χ4v) is 4.25. The number of carbonyl (C=O) groups is 3. The van der Waals surface area contributed by atoms with Gasteiger partial charge in [0.2, 0.25) is 5.78 Å². The number of H-pyrrole nitrogens is 1. The van der Waals surface area contributed by atoms with E-state index in [-0.39, 0.29) is 28.7 Å². The van der Waals surface area contributed by atoms with Crippen LogP contribution < -0.4 is 5.73 Å². The van der Waals surface area contributed by atoms with Crippen molar-refractivity contribution in [1.82, 2.24) is 9.97 Å². The summed E-state index contributed by atoms with van der Waals surface area (Å²) in [5, 5.41) is 0.975. The fourth-order valence-electron chi connectivity index (χ4n) is 4.25. The summed E-state index contributed by atoms with van der Waals surface area (Å²) in [7, 11) is 1.32. The second kappa shape index (κ2) is 6.73. The van der Waals surface area contributed by atoms with Crippen LogP contribution in [-0.2, 0) is 9.53 Å². The minimum Gasteiger partial charge on any atom is -0.467 e. The molecule has 1 aliphatic carbocycles. The molecule has 5 rings (SSSR count). The number of aromatic nitrogens is 2. The van der Waals surface area contributed by atoms with E-state index < -0.39 is 17.8 Å². The molecule has 0 spiro atoms. The first kappa shape index (κ1) is 18.9. The first-order valence-corrected chi connectivity index (χ1v) is 9.75. The summed E-state index contributed by atoms with van der Waals surface area (Å²) < 4.78 is 4.98. The summed E-state index contributed by atoms with van der Waals surface area (Å²) in [5.74, 6) is -1.58. The number of Topliss-reactive ketones (excluding diaryl/α,β-unsaturated/α-hetero) is 1. The van der Waals surface area contributed by atoms with E-state index in [0.717, 1.165) is 28.2 Å². The summed E-state index contributed by atoms with van der Waals surface area (Å²) in [6.07, 6.45) is 1.11. The monoisotopic (exact) mass is 414 g/mol. The molecule has 1 aromatic carbocycles. The van der Waals surface area contributed by atoms with Crippen molar-refractivity contribution in [2.75, 3.05) is 7.11 Å². The van der Waals surface area contributed by atoms with Gasteiger partial charge in [-0.3, -0.25) is 14.6 Å². The zero-order chi connectivity index (χ0) is 21.9. The number of ether oxygens (including phenoxy) is 1. The van der Waals surface area contributed by atoms with Gasteiger partial charge in [0.1, 0.15) is 11.4 Å². The number of nitrogens with zero attached hydrogens (tertiary/aromatic N) is 2. The Bertz CT molecular complexity index is 1370. The van der Waals surface area contributed by atoms with Crippen LogP contribution in [0.3, 0.4) is 0 Å². The molecule has 0 saturated carbocycles.